The van der Waals surface area contributed by atoms with Crippen LogP contribution < -0.4 is 16.0 Å². The second kappa shape index (κ2) is 19.8. The quantitative estimate of drug-likeness (QED) is 0.375. The molecular weight excluding hydrogens is 576 g/mol. The zero-order valence-corrected chi connectivity index (χ0v) is 27.8. The molecular formula is C34H52N4O7. The Morgan fingerprint density at radius 3 is 1.53 bits per heavy atom. The number of rotatable bonds is 7. The number of alkyl carbamates (subject to hydrolysis) is 2. The predicted molar refractivity (Wildman–Crippen MR) is 174 cm³/mol. The fraction of sp³-hybridized carbons (Fsp3) is 0.559. The van der Waals surface area contributed by atoms with Crippen LogP contribution in [-0.2, 0) is 38.6 Å². The summed E-state index contributed by atoms with van der Waals surface area (Å²) in [7, 11) is 0. The van der Waals surface area contributed by atoms with E-state index in [1.165, 1.54) is 5.56 Å². The molecule has 2 fully saturated rings. The summed E-state index contributed by atoms with van der Waals surface area (Å²) >= 11 is 0. The first kappa shape index (κ1) is 37.7. The van der Waals surface area contributed by atoms with Crippen molar-refractivity contribution in [2.45, 2.75) is 72.4 Å². The minimum absolute atomic E-state index is 0.383. The van der Waals surface area contributed by atoms with Crippen molar-refractivity contribution < 1.29 is 33.3 Å². The molecule has 0 aliphatic carbocycles. The van der Waals surface area contributed by atoms with Gasteiger partial charge < -0.3 is 34.9 Å². The minimum atomic E-state index is -0.495. The van der Waals surface area contributed by atoms with Gasteiger partial charge in [0.05, 0.1) is 26.4 Å². The van der Waals surface area contributed by atoms with Gasteiger partial charge in [-0.15, -0.1) is 0 Å². The molecule has 4 rings (SSSR count). The molecule has 11 nitrogen and oxygen atoms in total. The molecule has 3 N–H and O–H groups in total. The van der Waals surface area contributed by atoms with Crippen molar-refractivity contribution >= 4 is 18.5 Å². The molecule has 0 aromatic heterocycles. The fourth-order valence-corrected chi connectivity index (χ4v) is 3.99. The maximum absolute atomic E-state index is 11.6. The van der Waals surface area contributed by atoms with Crippen molar-refractivity contribution in [2.24, 2.45) is 0 Å². The number of carbonyl (C=O) groups is 3. The molecule has 0 spiro atoms. The molecule has 0 unspecified atom stereocenters. The van der Waals surface area contributed by atoms with Gasteiger partial charge in [-0.2, -0.15) is 0 Å². The summed E-state index contributed by atoms with van der Waals surface area (Å²) in [5.74, 6) is 0. The maximum Gasteiger partial charge on any atom is 0.407 e. The number of amides is 2. The maximum atomic E-state index is 11.6. The molecule has 250 valence electrons. The monoisotopic (exact) mass is 628 g/mol. The number of benzene rings is 2. The highest BCUT2D eigenvalue weighted by Gasteiger charge is 2.16. The summed E-state index contributed by atoms with van der Waals surface area (Å²) < 4.78 is 20.7. The van der Waals surface area contributed by atoms with E-state index in [0.717, 1.165) is 76.6 Å². The standard InChI is InChI=1S/C17H26N2O3.C13H17NO3.C4H9NO/c1-17(2,3)22-16(20)18-12-14-4-6-15(7-5-14)13-19-8-10-21-11-9-19;1-13(2,3)17-12(16)14-8-10-4-6-11(9-15)7-5-10;1-3-6-4-2-5-1/h4-7H,8-13H2,1-3H3,(H,18,20);4-7,9H,8H2,1-3H3,(H,14,16);5H,1-4H2. The Kier molecular flexibility index (Phi) is 16.6. The molecule has 0 atom stereocenters. The topological polar surface area (TPSA) is 127 Å². The zero-order chi connectivity index (χ0) is 33.1. The Bertz CT molecular complexity index is 1120. The Hall–Kier alpha value is -3.51. The average molecular weight is 629 g/mol. The van der Waals surface area contributed by atoms with Gasteiger partial charge in [-0.25, -0.2) is 9.59 Å². The fourth-order valence-electron chi connectivity index (χ4n) is 3.99. The molecule has 0 radical (unpaired) electrons. The van der Waals surface area contributed by atoms with Crippen LogP contribution in [0.15, 0.2) is 48.5 Å². The summed E-state index contributed by atoms with van der Waals surface area (Å²) in [6, 6.07) is 15.3. The Balaban J connectivity index is 0.000000270. The van der Waals surface area contributed by atoms with Gasteiger partial charge in [0.25, 0.3) is 0 Å². The van der Waals surface area contributed by atoms with Crippen molar-refractivity contribution in [3.63, 3.8) is 0 Å². The highest BCUT2D eigenvalue weighted by molar-refractivity contribution is 5.74. The number of hydrogen-bond donors (Lipinski definition) is 3. The van der Waals surface area contributed by atoms with Crippen LogP contribution in [0.2, 0.25) is 0 Å². The van der Waals surface area contributed by atoms with Gasteiger partial charge in [-0.3, -0.25) is 9.69 Å². The van der Waals surface area contributed by atoms with Gasteiger partial charge >= 0.3 is 12.2 Å². The van der Waals surface area contributed by atoms with Crippen LogP contribution in [-0.4, -0.2) is 87.2 Å². The Morgan fingerprint density at radius 1 is 0.733 bits per heavy atom. The lowest BCUT2D eigenvalue weighted by molar-refractivity contribution is 0.0342. The number of hydrogen-bond acceptors (Lipinski definition) is 9. The number of aldehydes is 1. The van der Waals surface area contributed by atoms with Crippen LogP contribution in [0.4, 0.5) is 9.59 Å². The van der Waals surface area contributed by atoms with Crippen LogP contribution in [0.25, 0.3) is 0 Å². The number of ether oxygens (including phenoxy) is 4. The highest BCUT2D eigenvalue weighted by Crippen LogP contribution is 2.11. The summed E-state index contributed by atoms with van der Waals surface area (Å²) in [6.07, 6.45) is -0.0488. The number of morpholine rings is 2. The number of nitrogens with one attached hydrogen (secondary N) is 3. The molecule has 2 aromatic carbocycles. The lowest BCUT2D eigenvalue weighted by atomic mass is 10.1. The lowest BCUT2D eigenvalue weighted by Gasteiger charge is -2.26. The second-order valence-corrected chi connectivity index (χ2v) is 12.6. The minimum Gasteiger partial charge on any atom is -0.444 e. The predicted octanol–water partition coefficient (Wildman–Crippen LogP) is 4.67. The van der Waals surface area contributed by atoms with Gasteiger partial charge in [0.1, 0.15) is 17.5 Å². The first-order valence-corrected chi connectivity index (χ1v) is 15.5. The molecule has 2 aliphatic heterocycles. The van der Waals surface area contributed by atoms with E-state index in [1.807, 2.05) is 53.7 Å². The first-order chi connectivity index (χ1) is 21.3. The van der Waals surface area contributed by atoms with Crippen molar-refractivity contribution in [1.29, 1.82) is 0 Å². The van der Waals surface area contributed by atoms with Crippen LogP contribution >= 0.6 is 0 Å². The van der Waals surface area contributed by atoms with Crippen LogP contribution in [0.1, 0.15) is 68.6 Å². The lowest BCUT2D eigenvalue weighted by Crippen LogP contribution is -2.35. The van der Waals surface area contributed by atoms with Crippen molar-refractivity contribution in [2.75, 3.05) is 52.6 Å². The van der Waals surface area contributed by atoms with E-state index in [-0.39, 0.29) is 6.09 Å². The van der Waals surface area contributed by atoms with Crippen LogP contribution in [0.3, 0.4) is 0 Å². The molecule has 2 amide bonds. The van der Waals surface area contributed by atoms with Gasteiger partial charge in [-0.05, 0) is 58.2 Å². The van der Waals surface area contributed by atoms with Gasteiger partial charge in [0, 0.05) is 51.4 Å². The Labute approximate surface area is 268 Å². The van der Waals surface area contributed by atoms with Gasteiger partial charge in [0.15, 0.2) is 0 Å². The van der Waals surface area contributed by atoms with Crippen molar-refractivity contribution in [1.82, 2.24) is 20.9 Å². The van der Waals surface area contributed by atoms with Crippen LogP contribution in [0.5, 0.6) is 0 Å². The molecule has 0 bridgehead atoms. The summed E-state index contributed by atoms with van der Waals surface area (Å²) in [5.41, 5.74) is 2.92. The molecule has 2 aromatic rings. The smallest absolute Gasteiger partial charge is 0.407 e. The van der Waals surface area contributed by atoms with E-state index < -0.39 is 17.3 Å². The zero-order valence-electron chi connectivity index (χ0n) is 27.8. The van der Waals surface area contributed by atoms with Gasteiger partial charge in [0.2, 0.25) is 0 Å². The molecule has 2 aliphatic rings. The van der Waals surface area contributed by atoms with Gasteiger partial charge in [-0.1, -0.05) is 48.5 Å². The molecule has 0 saturated carbocycles. The summed E-state index contributed by atoms with van der Waals surface area (Å²) in [6.45, 7) is 20.2. The van der Waals surface area contributed by atoms with E-state index in [9.17, 15) is 14.4 Å². The first-order valence-electron chi connectivity index (χ1n) is 15.5. The number of nitrogens with zero attached hydrogens (tertiary/aromatic N) is 1. The van der Waals surface area contributed by atoms with E-state index in [1.54, 1.807) is 24.3 Å². The third-order valence-electron chi connectivity index (χ3n) is 6.17. The molecule has 2 heterocycles. The highest BCUT2D eigenvalue weighted by atomic mass is 16.6. The average Bonchev–Trinajstić information content (AvgIpc) is 3.00. The van der Waals surface area contributed by atoms with E-state index in [4.69, 9.17) is 18.9 Å². The molecule has 45 heavy (non-hydrogen) atoms. The molecule has 2 saturated heterocycles. The number of carbonyl (C=O) groups excluding carboxylic acids is 3. The largest absolute Gasteiger partial charge is 0.444 e. The van der Waals surface area contributed by atoms with E-state index in [2.05, 4.69) is 33.0 Å². The van der Waals surface area contributed by atoms with Crippen molar-refractivity contribution in [3.05, 3.63) is 70.8 Å². The Morgan fingerprint density at radius 2 is 1.16 bits per heavy atom. The summed E-state index contributed by atoms with van der Waals surface area (Å²) in [4.78, 5) is 35.8. The second-order valence-electron chi connectivity index (χ2n) is 12.6. The van der Waals surface area contributed by atoms with E-state index in [0.29, 0.717) is 18.7 Å². The van der Waals surface area contributed by atoms with Crippen LogP contribution in [0, 0.1) is 0 Å². The molecule has 11 heteroatoms. The third kappa shape index (κ3) is 18.8. The summed E-state index contributed by atoms with van der Waals surface area (Å²) in [5, 5.41) is 8.57. The SMILES string of the molecule is C1COCCN1.CC(C)(C)OC(=O)NCc1ccc(C=O)cc1.CC(C)(C)OC(=O)NCc1ccc(CN2CCOCC2)cc1. The third-order valence-corrected chi connectivity index (χ3v) is 6.17. The normalized spacial score (nSPS) is 15.2. The van der Waals surface area contributed by atoms with E-state index >= 15 is 0 Å². The van der Waals surface area contributed by atoms with Crippen molar-refractivity contribution in [3.8, 4) is 0 Å².